The minimum absolute atomic E-state index is 0.178. The molecule has 1 aromatic carbocycles. The Bertz CT molecular complexity index is 672. The van der Waals surface area contributed by atoms with Crippen LogP contribution in [0.3, 0.4) is 0 Å². The zero-order chi connectivity index (χ0) is 13.9. The number of hydrogen-bond acceptors (Lipinski definition) is 4. The van der Waals surface area contributed by atoms with E-state index < -0.39 is 10.0 Å². The predicted molar refractivity (Wildman–Crippen MR) is 75.7 cm³/mol. The number of halogens is 1. The summed E-state index contributed by atoms with van der Waals surface area (Å²) >= 11 is 3.24. The lowest BCUT2D eigenvalue weighted by molar-refractivity contribution is 0.398. The average Bonchev–Trinajstić information content (AvgIpc) is 2.39. The van der Waals surface area contributed by atoms with Crippen molar-refractivity contribution in [1.82, 2.24) is 4.98 Å². The molecule has 0 atom stereocenters. The maximum atomic E-state index is 12.1. The van der Waals surface area contributed by atoms with E-state index in [0.29, 0.717) is 16.0 Å². The molecule has 0 saturated heterocycles. The van der Waals surface area contributed by atoms with Gasteiger partial charge >= 0.3 is 0 Å². The highest BCUT2D eigenvalue weighted by Crippen LogP contribution is 2.20. The van der Waals surface area contributed by atoms with Crippen LogP contribution in [0.15, 0.2) is 52.0 Å². The van der Waals surface area contributed by atoms with Gasteiger partial charge in [-0.2, -0.15) is 0 Å². The van der Waals surface area contributed by atoms with Gasteiger partial charge in [0, 0.05) is 10.5 Å². The maximum Gasteiger partial charge on any atom is 0.261 e. The molecular weight excluding hydrogens is 332 g/mol. The third-order valence-electron chi connectivity index (χ3n) is 2.30. The molecule has 0 aliphatic carbocycles. The third-order valence-corrected chi connectivity index (χ3v) is 4.18. The molecule has 0 spiro atoms. The molecule has 5 nitrogen and oxygen atoms in total. The molecule has 1 N–H and O–H groups in total. The number of anilines is 1. The molecule has 0 saturated carbocycles. The van der Waals surface area contributed by atoms with Crippen molar-refractivity contribution in [1.29, 1.82) is 0 Å². The quantitative estimate of drug-likeness (QED) is 0.927. The molecule has 0 amide bonds. The molecule has 0 fully saturated rings. The molecule has 7 heteroatoms. The van der Waals surface area contributed by atoms with Crippen molar-refractivity contribution in [2.75, 3.05) is 11.8 Å². The number of pyridine rings is 1. The van der Waals surface area contributed by atoms with Gasteiger partial charge in [-0.15, -0.1) is 0 Å². The van der Waals surface area contributed by atoms with Crippen LogP contribution < -0.4 is 9.46 Å². The number of rotatable bonds is 4. The van der Waals surface area contributed by atoms with Gasteiger partial charge in [0.2, 0.25) is 5.88 Å². The van der Waals surface area contributed by atoms with E-state index in [1.807, 2.05) is 0 Å². The number of nitrogens with zero attached hydrogens (tertiary/aromatic N) is 1. The highest BCUT2D eigenvalue weighted by Gasteiger charge is 2.14. The monoisotopic (exact) mass is 342 g/mol. The molecule has 0 aliphatic rings. The zero-order valence-corrected chi connectivity index (χ0v) is 12.4. The smallest absolute Gasteiger partial charge is 0.261 e. The zero-order valence-electron chi connectivity index (χ0n) is 10.00. The molecular formula is C12H11BrN2O3S. The first-order valence-corrected chi connectivity index (χ1v) is 7.57. The van der Waals surface area contributed by atoms with E-state index in [0.717, 1.165) is 0 Å². The van der Waals surface area contributed by atoms with Gasteiger partial charge in [-0.1, -0.05) is 22.0 Å². The number of aromatic nitrogens is 1. The van der Waals surface area contributed by atoms with Crippen molar-refractivity contribution < 1.29 is 13.2 Å². The van der Waals surface area contributed by atoms with E-state index in [1.54, 1.807) is 24.3 Å². The van der Waals surface area contributed by atoms with Crippen LogP contribution in [-0.2, 0) is 10.0 Å². The molecule has 0 unspecified atom stereocenters. The number of methoxy groups -OCH3 is 1. The van der Waals surface area contributed by atoms with Crippen LogP contribution in [0.2, 0.25) is 0 Å². The molecule has 1 heterocycles. The fraction of sp³-hybridized carbons (Fsp3) is 0.0833. The van der Waals surface area contributed by atoms with Crippen molar-refractivity contribution in [3.8, 4) is 5.88 Å². The summed E-state index contributed by atoms with van der Waals surface area (Å²) < 4.78 is 32.3. The largest absolute Gasteiger partial charge is 0.481 e. The van der Waals surface area contributed by atoms with Crippen molar-refractivity contribution in [3.05, 3.63) is 47.1 Å². The van der Waals surface area contributed by atoms with Gasteiger partial charge < -0.3 is 4.74 Å². The van der Waals surface area contributed by atoms with Crippen LogP contribution in [0.25, 0.3) is 0 Å². The first-order valence-electron chi connectivity index (χ1n) is 5.30. The van der Waals surface area contributed by atoms with E-state index in [4.69, 9.17) is 4.74 Å². The second-order valence-corrected chi connectivity index (χ2v) is 6.25. The Kier molecular flexibility index (Phi) is 4.06. The van der Waals surface area contributed by atoms with Crippen LogP contribution in [-0.4, -0.2) is 20.5 Å². The predicted octanol–water partition coefficient (Wildman–Crippen LogP) is 2.65. The second kappa shape index (κ2) is 5.58. The number of nitrogens with one attached hydrogen (secondary N) is 1. The molecule has 1 aromatic heterocycles. The van der Waals surface area contributed by atoms with Crippen LogP contribution in [0.4, 0.5) is 5.69 Å². The van der Waals surface area contributed by atoms with Crippen LogP contribution in [0.5, 0.6) is 5.88 Å². The second-order valence-electron chi connectivity index (χ2n) is 3.65. The van der Waals surface area contributed by atoms with Crippen molar-refractivity contribution in [3.63, 3.8) is 0 Å². The minimum atomic E-state index is -3.62. The van der Waals surface area contributed by atoms with E-state index in [2.05, 4.69) is 25.6 Å². The Morgan fingerprint density at radius 2 is 2.05 bits per heavy atom. The van der Waals surface area contributed by atoms with Crippen molar-refractivity contribution >= 4 is 31.6 Å². The van der Waals surface area contributed by atoms with Gasteiger partial charge in [0.1, 0.15) is 0 Å². The van der Waals surface area contributed by atoms with E-state index in [-0.39, 0.29) is 4.90 Å². The first kappa shape index (κ1) is 13.8. The lowest BCUT2D eigenvalue weighted by atomic mass is 10.4. The summed E-state index contributed by atoms with van der Waals surface area (Å²) in [5, 5.41) is 0. The Morgan fingerprint density at radius 3 is 2.63 bits per heavy atom. The highest BCUT2D eigenvalue weighted by atomic mass is 79.9. The molecule has 2 rings (SSSR count). The van der Waals surface area contributed by atoms with Gasteiger partial charge in [-0.05, 0) is 24.3 Å². The van der Waals surface area contributed by atoms with Gasteiger partial charge in [-0.3, -0.25) is 4.72 Å². The Morgan fingerprint density at radius 1 is 1.26 bits per heavy atom. The highest BCUT2D eigenvalue weighted by molar-refractivity contribution is 9.10. The fourth-order valence-corrected chi connectivity index (χ4v) is 3.05. The molecule has 0 bridgehead atoms. The van der Waals surface area contributed by atoms with Gasteiger partial charge in [-0.25, -0.2) is 13.4 Å². The van der Waals surface area contributed by atoms with Crippen LogP contribution >= 0.6 is 15.9 Å². The van der Waals surface area contributed by atoms with Crippen LogP contribution in [0.1, 0.15) is 0 Å². The SMILES string of the molecule is COc1ccc(NS(=O)(=O)c2cccc(Br)c2)cn1. The summed E-state index contributed by atoms with van der Waals surface area (Å²) in [6.45, 7) is 0. The number of sulfonamides is 1. The summed E-state index contributed by atoms with van der Waals surface area (Å²) in [7, 11) is -2.12. The molecule has 19 heavy (non-hydrogen) atoms. The lowest BCUT2D eigenvalue weighted by Gasteiger charge is -2.08. The number of ether oxygens (including phenoxy) is 1. The molecule has 2 aromatic rings. The lowest BCUT2D eigenvalue weighted by Crippen LogP contribution is -2.13. The topological polar surface area (TPSA) is 68.3 Å². The van der Waals surface area contributed by atoms with Gasteiger partial charge in [0.15, 0.2) is 0 Å². The Balaban J connectivity index is 2.25. The third kappa shape index (κ3) is 3.45. The van der Waals surface area contributed by atoms with Crippen LogP contribution in [0, 0.1) is 0 Å². The number of hydrogen-bond donors (Lipinski definition) is 1. The van der Waals surface area contributed by atoms with Crippen molar-refractivity contribution in [2.24, 2.45) is 0 Å². The van der Waals surface area contributed by atoms with E-state index in [1.165, 1.54) is 25.4 Å². The fourth-order valence-electron chi connectivity index (χ4n) is 1.41. The van der Waals surface area contributed by atoms with Crippen molar-refractivity contribution in [2.45, 2.75) is 4.90 Å². The van der Waals surface area contributed by atoms with Gasteiger partial charge in [0.05, 0.1) is 23.9 Å². The Hall–Kier alpha value is -1.60. The first-order chi connectivity index (χ1) is 9.01. The Labute approximate surface area is 119 Å². The summed E-state index contributed by atoms with van der Waals surface area (Å²) in [5.74, 6) is 0.422. The van der Waals surface area contributed by atoms with E-state index in [9.17, 15) is 8.42 Å². The molecule has 100 valence electrons. The summed E-state index contributed by atoms with van der Waals surface area (Å²) in [4.78, 5) is 4.11. The normalized spacial score (nSPS) is 11.1. The number of benzene rings is 1. The summed E-state index contributed by atoms with van der Waals surface area (Å²) in [6, 6.07) is 9.63. The maximum absolute atomic E-state index is 12.1. The van der Waals surface area contributed by atoms with Gasteiger partial charge in [0.25, 0.3) is 10.0 Å². The van der Waals surface area contributed by atoms with E-state index >= 15 is 0 Å². The average molecular weight is 343 g/mol. The minimum Gasteiger partial charge on any atom is -0.481 e. The summed E-state index contributed by atoms with van der Waals surface area (Å²) in [6.07, 6.45) is 1.40. The standard InChI is InChI=1S/C12H11BrN2O3S/c1-18-12-6-5-10(8-14-12)15-19(16,17)11-4-2-3-9(13)7-11/h2-8,15H,1H3. The summed E-state index contributed by atoms with van der Waals surface area (Å²) in [5.41, 5.74) is 0.376. The molecule has 0 radical (unpaired) electrons. The molecule has 0 aliphatic heterocycles.